The van der Waals surface area contributed by atoms with Crippen molar-refractivity contribution in [2.45, 2.75) is 56.4 Å². The van der Waals surface area contributed by atoms with Crippen molar-refractivity contribution >= 4 is 5.91 Å². The molecule has 1 aromatic rings. The molecule has 2 rings (SSSR count). The van der Waals surface area contributed by atoms with E-state index in [0.29, 0.717) is 19.4 Å². The molecule has 1 unspecified atom stereocenters. The highest BCUT2D eigenvalue weighted by atomic mass is 16.5. The van der Waals surface area contributed by atoms with Crippen LogP contribution in [0, 0.1) is 0 Å². The summed E-state index contributed by atoms with van der Waals surface area (Å²) < 4.78 is 5.14. The van der Waals surface area contributed by atoms with Crippen molar-refractivity contribution in [3.63, 3.8) is 0 Å². The van der Waals surface area contributed by atoms with Crippen molar-refractivity contribution in [1.29, 1.82) is 0 Å². The van der Waals surface area contributed by atoms with Gasteiger partial charge >= 0.3 is 0 Å². The van der Waals surface area contributed by atoms with E-state index < -0.39 is 18.2 Å². The number of amides is 1. The Hall–Kier alpha value is -1.67. The van der Waals surface area contributed by atoms with Crippen LogP contribution >= 0.6 is 0 Å². The summed E-state index contributed by atoms with van der Waals surface area (Å²) in [7, 11) is 1.61. The Labute approximate surface area is 154 Å². The van der Waals surface area contributed by atoms with Crippen molar-refractivity contribution in [3.8, 4) is 5.75 Å². The molecule has 26 heavy (non-hydrogen) atoms. The molecule has 5 N–H and O–H groups in total. The van der Waals surface area contributed by atoms with Gasteiger partial charge in [-0.25, -0.2) is 0 Å². The number of carbonyl (C=O) groups excluding carboxylic acids is 1. The summed E-state index contributed by atoms with van der Waals surface area (Å²) in [6, 6.07) is 6.78. The lowest BCUT2D eigenvalue weighted by atomic mass is 9.92. The maximum atomic E-state index is 11.7. The highest BCUT2D eigenvalue weighted by Gasteiger charge is 2.41. The molecular formula is C19H30N2O5. The highest BCUT2D eigenvalue weighted by Crippen LogP contribution is 2.27. The first-order chi connectivity index (χ1) is 12.5. The molecule has 1 aromatic carbocycles. The predicted octanol–water partition coefficient (Wildman–Crippen LogP) is 0.140. The smallest absolute Gasteiger partial charge is 0.221 e. The summed E-state index contributed by atoms with van der Waals surface area (Å²) in [6.07, 6.45) is -0.537. The second-order valence-corrected chi connectivity index (χ2v) is 6.75. The van der Waals surface area contributed by atoms with Crippen LogP contribution in [0.2, 0.25) is 0 Å². The Kier molecular flexibility index (Phi) is 7.84. The molecule has 1 saturated heterocycles. The third-order valence-electron chi connectivity index (χ3n) is 5.02. The van der Waals surface area contributed by atoms with E-state index in [0.717, 1.165) is 11.3 Å². The Balaban J connectivity index is 1.91. The third kappa shape index (κ3) is 5.17. The van der Waals surface area contributed by atoms with E-state index in [2.05, 4.69) is 10.6 Å². The fraction of sp³-hybridized carbons (Fsp3) is 0.632. The molecule has 0 spiro atoms. The molecule has 7 heteroatoms. The van der Waals surface area contributed by atoms with Crippen LogP contribution in [0.25, 0.3) is 0 Å². The van der Waals surface area contributed by atoms with Crippen LogP contribution in [0.3, 0.4) is 0 Å². The molecule has 0 aliphatic carbocycles. The van der Waals surface area contributed by atoms with Gasteiger partial charge in [-0.15, -0.1) is 0 Å². The average Bonchev–Trinajstić information content (AvgIpc) is 2.91. The summed E-state index contributed by atoms with van der Waals surface area (Å²) in [6.45, 7) is 2.37. The molecule has 0 bridgehead atoms. The Morgan fingerprint density at radius 1 is 1.23 bits per heavy atom. The van der Waals surface area contributed by atoms with Gasteiger partial charge in [0.1, 0.15) is 5.75 Å². The second-order valence-electron chi connectivity index (χ2n) is 6.75. The summed E-state index contributed by atoms with van der Waals surface area (Å²) in [5.74, 6) is 0.549. The maximum Gasteiger partial charge on any atom is 0.221 e. The number of nitrogens with one attached hydrogen (secondary N) is 2. The van der Waals surface area contributed by atoms with Crippen LogP contribution in [0.4, 0.5) is 0 Å². The number of ether oxygens (including phenoxy) is 1. The normalized spacial score (nSPS) is 26.5. The highest BCUT2D eigenvalue weighted by molar-refractivity contribution is 5.76. The molecular weight excluding hydrogens is 336 g/mol. The molecule has 0 radical (unpaired) electrons. The van der Waals surface area contributed by atoms with Crippen LogP contribution < -0.4 is 15.4 Å². The maximum absolute atomic E-state index is 11.7. The lowest BCUT2D eigenvalue weighted by Crippen LogP contribution is -2.38. The van der Waals surface area contributed by atoms with Crippen LogP contribution in [0.5, 0.6) is 5.75 Å². The molecule has 1 aliphatic rings. The number of hydrogen-bond acceptors (Lipinski definition) is 6. The van der Waals surface area contributed by atoms with Gasteiger partial charge in [-0.3, -0.25) is 4.79 Å². The van der Waals surface area contributed by atoms with Gasteiger partial charge in [-0.05, 0) is 37.5 Å². The van der Waals surface area contributed by atoms with Crippen molar-refractivity contribution < 1.29 is 24.9 Å². The minimum atomic E-state index is -0.976. The zero-order chi connectivity index (χ0) is 19.1. The molecule has 0 saturated carbocycles. The van der Waals surface area contributed by atoms with Crippen molar-refractivity contribution in [2.75, 3.05) is 20.3 Å². The fourth-order valence-electron chi connectivity index (χ4n) is 3.47. The quantitative estimate of drug-likeness (QED) is 0.425. The van der Waals surface area contributed by atoms with Crippen LogP contribution in [0.1, 0.15) is 37.7 Å². The van der Waals surface area contributed by atoms with Gasteiger partial charge in [-0.1, -0.05) is 12.1 Å². The van der Waals surface area contributed by atoms with Gasteiger partial charge in [0.15, 0.2) is 0 Å². The molecule has 146 valence electrons. The molecule has 1 amide bonds. The summed E-state index contributed by atoms with van der Waals surface area (Å²) >= 11 is 0. The van der Waals surface area contributed by atoms with Crippen LogP contribution in [0.15, 0.2) is 24.3 Å². The lowest BCUT2D eigenvalue weighted by Gasteiger charge is -2.20. The molecule has 5 atom stereocenters. The second kappa shape index (κ2) is 9.87. The van der Waals surface area contributed by atoms with Gasteiger partial charge < -0.3 is 30.7 Å². The van der Waals surface area contributed by atoms with Crippen molar-refractivity contribution in [2.24, 2.45) is 0 Å². The topological polar surface area (TPSA) is 111 Å². The van der Waals surface area contributed by atoms with Gasteiger partial charge in [0.05, 0.1) is 19.3 Å². The number of aliphatic hydroxyl groups is 3. The zero-order valence-electron chi connectivity index (χ0n) is 15.4. The summed E-state index contributed by atoms with van der Waals surface area (Å²) in [5, 5.41) is 36.0. The lowest BCUT2D eigenvalue weighted by molar-refractivity contribution is -0.122. The van der Waals surface area contributed by atoms with Gasteiger partial charge in [0.25, 0.3) is 0 Å². The molecule has 1 aliphatic heterocycles. The van der Waals surface area contributed by atoms with E-state index in [1.807, 2.05) is 31.2 Å². The zero-order valence-corrected chi connectivity index (χ0v) is 15.4. The molecule has 0 aromatic heterocycles. The van der Waals surface area contributed by atoms with E-state index in [1.165, 1.54) is 0 Å². The fourth-order valence-corrected chi connectivity index (χ4v) is 3.47. The first-order valence-corrected chi connectivity index (χ1v) is 9.13. The number of methoxy groups -OCH3 is 1. The standard InChI is InChI=1S/C19H30N2O5/c1-3-20-17(23)10-16-19(25)18(24)15(21-16)9-6-13(11-22)12-4-7-14(26-2)8-5-12/h4-5,7-8,13,15-16,18-19,21-22,24-25H,3,6,9-11H2,1-2H3,(H,20,23)/t13?,15-,16-,18-,19-/m1/s1. The van der Waals surface area contributed by atoms with Gasteiger partial charge in [0, 0.05) is 37.6 Å². The largest absolute Gasteiger partial charge is 0.497 e. The summed E-state index contributed by atoms with van der Waals surface area (Å²) in [5.41, 5.74) is 1.00. The van der Waals surface area contributed by atoms with Gasteiger partial charge in [-0.2, -0.15) is 0 Å². The van der Waals surface area contributed by atoms with E-state index in [9.17, 15) is 20.1 Å². The first kappa shape index (κ1) is 20.6. The number of aliphatic hydroxyl groups excluding tert-OH is 3. The number of carbonyl (C=O) groups is 1. The van der Waals surface area contributed by atoms with E-state index >= 15 is 0 Å². The SMILES string of the molecule is CCNC(=O)C[C@H]1N[C@H](CCC(CO)c2ccc(OC)cc2)[C@@H](O)[C@@H]1O. The minimum Gasteiger partial charge on any atom is -0.497 e. The Morgan fingerprint density at radius 3 is 2.46 bits per heavy atom. The van der Waals surface area contributed by atoms with Crippen molar-refractivity contribution in [3.05, 3.63) is 29.8 Å². The molecule has 1 heterocycles. The first-order valence-electron chi connectivity index (χ1n) is 9.13. The van der Waals surface area contributed by atoms with Crippen LogP contribution in [-0.2, 0) is 4.79 Å². The van der Waals surface area contributed by atoms with Crippen molar-refractivity contribution in [1.82, 2.24) is 10.6 Å². The summed E-state index contributed by atoms with van der Waals surface area (Å²) in [4.78, 5) is 11.7. The van der Waals surface area contributed by atoms with Crippen LogP contribution in [-0.4, -0.2) is 65.8 Å². The predicted molar refractivity (Wildman–Crippen MR) is 98.1 cm³/mol. The van der Waals surface area contributed by atoms with E-state index in [4.69, 9.17) is 4.74 Å². The average molecular weight is 366 g/mol. The third-order valence-corrected chi connectivity index (χ3v) is 5.02. The number of hydrogen-bond donors (Lipinski definition) is 5. The number of benzene rings is 1. The number of rotatable bonds is 9. The molecule has 1 fully saturated rings. The minimum absolute atomic E-state index is 0.0000319. The Morgan fingerprint density at radius 2 is 1.88 bits per heavy atom. The molecule has 7 nitrogen and oxygen atoms in total. The van der Waals surface area contributed by atoms with Gasteiger partial charge in [0.2, 0.25) is 5.91 Å². The monoisotopic (exact) mass is 366 g/mol. The van der Waals surface area contributed by atoms with E-state index in [-0.39, 0.29) is 30.9 Å². The Bertz CT molecular complexity index is 566. The van der Waals surface area contributed by atoms with E-state index in [1.54, 1.807) is 7.11 Å².